The van der Waals surface area contributed by atoms with Crippen LogP contribution in [0.2, 0.25) is 0 Å². The molecule has 0 saturated carbocycles. The fourth-order valence-electron chi connectivity index (χ4n) is 1.51. The Morgan fingerprint density at radius 2 is 1.95 bits per heavy atom. The molecule has 1 aromatic rings. The second kappa shape index (κ2) is 5.40. The lowest BCUT2D eigenvalue weighted by atomic mass is 10.1. The molecule has 0 aliphatic carbocycles. The number of rotatable bonds is 4. The standard InChI is InChI=1S/C12H19BrN2O3S/c1-8-10(14)5-9(13)6-11(8)19(17,18)15(4)12(2,3)7-16/h5-6,16H,7,14H2,1-4H3. The summed E-state index contributed by atoms with van der Waals surface area (Å²) >= 11 is 3.24. The summed E-state index contributed by atoms with van der Waals surface area (Å²) in [5.74, 6) is 0. The molecule has 0 amide bonds. The van der Waals surface area contributed by atoms with Crippen LogP contribution in [0.25, 0.3) is 0 Å². The van der Waals surface area contributed by atoms with Gasteiger partial charge in [-0.1, -0.05) is 15.9 Å². The van der Waals surface area contributed by atoms with Gasteiger partial charge in [-0.25, -0.2) is 8.42 Å². The van der Waals surface area contributed by atoms with Crippen LogP contribution in [0, 0.1) is 6.92 Å². The van der Waals surface area contributed by atoms with E-state index in [1.54, 1.807) is 26.8 Å². The van der Waals surface area contributed by atoms with E-state index >= 15 is 0 Å². The van der Waals surface area contributed by atoms with Gasteiger partial charge in [0, 0.05) is 17.2 Å². The first-order chi connectivity index (χ1) is 8.54. The van der Waals surface area contributed by atoms with Crippen LogP contribution in [-0.2, 0) is 10.0 Å². The number of aliphatic hydroxyl groups excluding tert-OH is 1. The van der Waals surface area contributed by atoms with Gasteiger partial charge in [-0.15, -0.1) is 0 Å². The average molecular weight is 351 g/mol. The summed E-state index contributed by atoms with van der Waals surface area (Å²) in [5, 5.41) is 9.31. The minimum absolute atomic E-state index is 0.142. The predicted molar refractivity (Wildman–Crippen MR) is 79.4 cm³/mol. The minimum atomic E-state index is -3.72. The number of benzene rings is 1. The Bertz CT molecular complexity index is 585. The summed E-state index contributed by atoms with van der Waals surface area (Å²) in [6, 6.07) is 3.18. The smallest absolute Gasteiger partial charge is 0.243 e. The van der Waals surface area contributed by atoms with E-state index < -0.39 is 15.6 Å². The number of aliphatic hydroxyl groups is 1. The van der Waals surface area contributed by atoms with Crippen molar-refractivity contribution in [2.24, 2.45) is 0 Å². The first-order valence-electron chi connectivity index (χ1n) is 5.69. The Balaban J connectivity index is 3.45. The van der Waals surface area contributed by atoms with Crippen LogP contribution in [0.4, 0.5) is 5.69 Å². The lowest BCUT2D eigenvalue weighted by molar-refractivity contribution is 0.138. The molecule has 1 rings (SSSR count). The van der Waals surface area contributed by atoms with Crippen LogP contribution in [0.5, 0.6) is 0 Å². The first kappa shape index (κ1) is 16.4. The van der Waals surface area contributed by atoms with Gasteiger partial charge in [0.2, 0.25) is 10.0 Å². The summed E-state index contributed by atoms with van der Waals surface area (Å²) in [6.07, 6.45) is 0. The number of halogens is 1. The van der Waals surface area contributed by atoms with Crippen molar-refractivity contribution < 1.29 is 13.5 Å². The van der Waals surface area contributed by atoms with Crippen molar-refractivity contribution in [3.8, 4) is 0 Å². The van der Waals surface area contributed by atoms with E-state index in [0.29, 0.717) is 15.7 Å². The predicted octanol–water partition coefficient (Wildman–Crippen LogP) is 1.73. The fourth-order valence-corrected chi connectivity index (χ4v) is 3.93. The van der Waals surface area contributed by atoms with Crippen molar-refractivity contribution in [1.29, 1.82) is 0 Å². The first-order valence-corrected chi connectivity index (χ1v) is 7.93. The van der Waals surface area contributed by atoms with Gasteiger partial charge in [-0.05, 0) is 38.5 Å². The molecule has 0 bridgehead atoms. The topological polar surface area (TPSA) is 83.6 Å². The maximum atomic E-state index is 12.6. The summed E-state index contributed by atoms with van der Waals surface area (Å²) in [5.41, 5.74) is 5.82. The van der Waals surface area contributed by atoms with E-state index in [9.17, 15) is 13.5 Å². The van der Waals surface area contributed by atoms with Gasteiger partial charge in [0.15, 0.2) is 0 Å². The van der Waals surface area contributed by atoms with Crippen molar-refractivity contribution in [3.63, 3.8) is 0 Å². The molecule has 108 valence electrons. The van der Waals surface area contributed by atoms with Crippen molar-refractivity contribution in [2.75, 3.05) is 19.4 Å². The van der Waals surface area contributed by atoms with Crippen LogP contribution in [-0.4, -0.2) is 37.0 Å². The van der Waals surface area contributed by atoms with Crippen LogP contribution in [0.15, 0.2) is 21.5 Å². The summed E-state index contributed by atoms with van der Waals surface area (Å²) in [7, 11) is -2.27. The summed E-state index contributed by atoms with van der Waals surface area (Å²) in [6.45, 7) is 4.70. The number of anilines is 1. The molecule has 0 spiro atoms. The molecule has 0 saturated heterocycles. The number of hydrogen-bond acceptors (Lipinski definition) is 4. The molecule has 0 heterocycles. The molecule has 0 fully saturated rings. The Hall–Kier alpha value is -0.630. The molecule has 0 aromatic heterocycles. The third-order valence-corrected chi connectivity index (χ3v) is 5.90. The molecule has 0 unspecified atom stereocenters. The van der Waals surface area contributed by atoms with E-state index in [4.69, 9.17) is 5.73 Å². The highest BCUT2D eigenvalue weighted by Crippen LogP contribution is 2.30. The van der Waals surface area contributed by atoms with Gasteiger partial charge in [0.1, 0.15) is 0 Å². The molecule has 1 aromatic carbocycles. The van der Waals surface area contributed by atoms with Crippen molar-refractivity contribution in [1.82, 2.24) is 4.31 Å². The number of nitrogens with zero attached hydrogens (tertiary/aromatic N) is 1. The second-order valence-corrected chi connectivity index (χ2v) is 7.91. The maximum Gasteiger partial charge on any atom is 0.243 e. The molecular formula is C12H19BrN2O3S. The van der Waals surface area contributed by atoms with Crippen molar-refractivity contribution >= 4 is 31.6 Å². The van der Waals surface area contributed by atoms with E-state index in [2.05, 4.69) is 15.9 Å². The summed E-state index contributed by atoms with van der Waals surface area (Å²) in [4.78, 5) is 0.142. The number of nitrogens with two attached hydrogens (primary N) is 1. The Kier molecular flexibility index (Phi) is 4.66. The molecule has 0 aliphatic rings. The number of nitrogen functional groups attached to an aromatic ring is 1. The normalized spacial score (nSPS) is 13.0. The number of hydrogen-bond donors (Lipinski definition) is 2. The van der Waals surface area contributed by atoms with E-state index in [-0.39, 0.29) is 11.5 Å². The quantitative estimate of drug-likeness (QED) is 0.810. The highest BCUT2D eigenvalue weighted by Gasteiger charge is 2.34. The van der Waals surface area contributed by atoms with Gasteiger partial charge in [0.05, 0.1) is 17.0 Å². The molecule has 7 heteroatoms. The van der Waals surface area contributed by atoms with Crippen LogP contribution in [0.3, 0.4) is 0 Å². The minimum Gasteiger partial charge on any atom is -0.398 e. The van der Waals surface area contributed by atoms with Crippen molar-refractivity contribution in [2.45, 2.75) is 31.2 Å². The van der Waals surface area contributed by atoms with Gasteiger partial charge in [-0.3, -0.25) is 0 Å². The zero-order valence-electron chi connectivity index (χ0n) is 11.4. The molecule has 19 heavy (non-hydrogen) atoms. The lowest BCUT2D eigenvalue weighted by Crippen LogP contribution is -2.47. The summed E-state index contributed by atoms with van der Waals surface area (Å²) < 4.78 is 27.0. The van der Waals surface area contributed by atoms with Crippen LogP contribution < -0.4 is 5.73 Å². The van der Waals surface area contributed by atoms with E-state index in [0.717, 1.165) is 4.31 Å². The highest BCUT2D eigenvalue weighted by molar-refractivity contribution is 9.10. The molecule has 3 N–H and O–H groups in total. The largest absolute Gasteiger partial charge is 0.398 e. The Labute approximate surface area is 122 Å². The number of likely N-dealkylation sites (N-methyl/N-ethyl adjacent to an activating group) is 1. The van der Waals surface area contributed by atoms with Crippen molar-refractivity contribution in [3.05, 3.63) is 22.2 Å². The molecular weight excluding hydrogens is 332 g/mol. The van der Waals surface area contributed by atoms with Gasteiger partial charge < -0.3 is 10.8 Å². The fraction of sp³-hybridized carbons (Fsp3) is 0.500. The average Bonchev–Trinajstić information content (AvgIpc) is 2.32. The third kappa shape index (κ3) is 3.10. The van der Waals surface area contributed by atoms with Gasteiger partial charge >= 0.3 is 0 Å². The SMILES string of the molecule is Cc1c(N)cc(Br)cc1S(=O)(=O)N(C)C(C)(C)CO. The van der Waals surface area contributed by atoms with Crippen LogP contribution in [0.1, 0.15) is 19.4 Å². The van der Waals surface area contributed by atoms with E-state index in [1.165, 1.54) is 13.1 Å². The van der Waals surface area contributed by atoms with Crippen LogP contribution >= 0.6 is 15.9 Å². The highest BCUT2D eigenvalue weighted by atomic mass is 79.9. The Morgan fingerprint density at radius 1 is 1.42 bits per heavy atom. The zero-order chi connectivity index (χ0) is 15.0. The molecule has 0 radical (unpaired) electrons. The zero-order valence-corrected chi connectivity index (χ0v) is 13.8. The maximum absolute atomic E-state index is 12.6. The molecule has 5 nitrogen and oxygen atoms in total. The second-order valence-electron chi connectivity index (χ2n) is 5.06. The van der Waals surface area contributed by atoms with Gasteiger partial charge in [-0.2, -0.15) is 4.31 Å². The lowest BCUT2D eigenvalue weighted by Gasteiger charge is -2.33. The number of sulfonamides is 1. The van der Waals surface area contributed by atoms with Gasteiger partial charge in [0.25, 0.3) is 0 Å². The van der Waals surface area contributed by atoms with E-state index in [1.807, 2.05) is 0 Å². The monoisotopic (exact) mass is 350 g/mol. The Morgan fingerprint density at radius 3 is 2.42 bits per heavy atom. The third-order valence-electron chi connectivity index (χ3n) is 3.24. The molecule has 0 atom stereocenters. The molecule has 0 aliphatic heterocycles.